The molecule has 0 aliphatic carbocycles. The zero-order chi connectivity index (χ0) is 18.4. The molecule has 1 heterocycles. The highest BCUT2D eigenvalue weighted by Gasteiger charge is 2.10. The third-order valence-electron chi connectivity index (χ3n) is 2.87. The van der Waals surface area contributed by atoms with Gasteiger partial charge in [-0.25, -0.2) is 4.98 Å². The van der Waals surface area contributed by atoms with E-state index in [0.717, 1.165) is 11.8 Å². The third kappa shape index (κ3) is 6.08. The van der Waals surface area contributed by atoms with Gasteiger partial charge in [-0.05, 0) is 18.2 Å². The fraction of sp³-hybridized carbons (Fsp3) is 0.200. The van der Waals surface area contributed by atoms with E-state index in [-0.39, 0.29) is 28.9 Å². The Hall–Kier alpha value is -2.03. The van der Waals surface area contributed by atoms with Crippen LogP contribution in [0.4, 0.5) is 5.69 Å². The van der Waals surface area contributed by atoms with Crippen molar-refractivity contribution in [2.24, 2.45) is 0 Å². The van der Waals surface area contributed by atoms with Gasteiger partial charge in [-0.15, -0.1) is 0 Å². The lowest BCUT2D eigenvalue weighted by atomic mass is 10.3. The lowest BCUT2D eigenvalue weighted by Gasteiger charge is -2.06. The van der Waals surface area contributed by atoms with Crippen molar-refractivity contribution in [2.45, 2.75) is 11.6 Å². The maximum Gasteiger partial charge on any atom is 0.311 e. The second-order valence-electron chi connectivity index (χ2n) is 4.76. The van der Waals surface area contributed by atoms with Gasteiger partial charge >= 0.3 is 5.97 Å². The normalized spacial score (nSPS) is 10.4. The van der Waals surface area contributed by atoms with Crippen molar-refractivity contribution in [1.82, 2.24) is 9.97 Å². The number of thioether (sulfide) groups is 1. The van der Waals surface area contributed by atoms with Crippen LogP contribution in [0.25, 0.3) is 0 Å². The van der Waals surface area contributed by atoms with Gasteiger partial charge in [0.25, 0.3) is 5.56 Å². The average molecular weight is 402 g/mol. The van der Waals surface area contributed by atoms with Crippen LogP contribution in [0.15, 0.2) is 34.2 Å². The molecule has 0 saturated carbocycles. The van der Waals surface area contributed by atoms with Crippen LogP contribution in [0.1, 0.15) is 5.69 Å². The van der Waals surface area contributed by atoms with E-state index in [2.05, 4.69) is 20.0 Å². The van der Waals surface area contributed by atoms with Crippen molar-refractivity contribution in [2.75, 3.05) is 18.2 Å². The van der Waals surface area contributed by atoms with Gasteiger partial charge in [0.05, 0.1) is 35.0 Å². The van der Waals surface area contributed by atoms with Crippen LogP contribution >= 0.6 is 35.0 Å². The third-order valence-corrected chi connectivity index (χ3v) is 4.48. The van der Waals surface area contributed by atoms with Crippen molar-refractivity contribution >= 4 is 52.5 Å². The van der Waals surface area contributed by atoms with E-state index < -0.39 is 11.5 Å². The Morgan fingerprint density at radius 2 is 2.04 bits per heavy atom. The molecule has 2 N–H and O–H groups in total. The van der Waals surface area contributed by atoms with E-state index in [9.17, 15) is 14.4 Å². The zero-order valence-electron chi connectivity index (χ0n) is 13.0. The summed E-state index contributed by atoms with van der Waals surface area (Å²) >= 11 is 12.7. The van der Waals surface area contributed by atoms with Gasteiger partial charge in [0.2, 0.25) is 5.91 Å². The molecule has 10 heteroatoms. The number of methoxy groups -OCH3 is 1. The number of esters is 1. The molecular formula is C15H13Cl2N3O4S. The number of H-pyrrole nitrogens is 1. The summed E-state index contributed by atoms with van der Waals surface area (Å²) in [6.07, 6.45) is -0.122. The molecule has 0 atom stereocenters. The fourth-order valence-corrected chi connectivity index (χ4v) is 2.76. The van der Waals surface area contributed by atoms with Gasteiger partial charge in [-0.1, -0.05) is 35.0 Å². The number of ether oxygens (including phenoxy) is 1. The Morgan fingerprint density at radius 1 is 1.28 bits per heavy atom. The molecule has 1 aromatic carbocycles. The van der Waals surface area contributed by atoms with Crippen molar-refractivity contribution in [1.29, 1.82) is 0 Å². The number of amides is 1. The maximum absolute atomic E-state index is 12.0. The summed E-state index contributed by atoms with van der Waals surface area (Å²) in [5.41, 5.74) is 0.352. The van der Waals surface area contributed by atoms with Crippen molar-refractivity contribution in [3.05, 3.63) is 50.4 Å². The molecule has 0 bridgehead atoms. The molecule has 132 valence electrons. The van der Waals surface area contributed by atoms with Crippen LogP contribution in [0.3, 0.4) is 0 Å². The standard InChI is InChI=1S/C15H13Cl2N3O4S/c1-24-14(23)6-9-5-12(21)20-15(19-9)25-7-13(22)18-8-2-3-10(16)11(17)4-8/h2-5H,6-7H2,1H3,(H,18,22)(H,19,20,21). The van der Waals surface area contributed by atoms with E-state index in [1.807, 2.05) is 0 Å². The molecule has 1 amide bonds. The Labute approximate surface area is 157 Å². The van der Waals surface area contributed by atoms with Crippen LogP contribution in [-0.4, -0.2) is 34.7 Å². The van der Waals surface area contributed by atoms with Crippen molar-refractivity contribution < 1.29 is 14.3 Å². The predicted molar refractivity (Wildman–Crippen MR) is 96.4 cm³/mol. The topological polar surface area (TPSA) is 101 Å². The predicted octanol–water partition coefficient (Wildman–Crippen LogP) is 2.52. The van der Waals surface area contributed by atoms with Gasteiger partial charge in [-0.2, -0.15) is 0 Å². The largest absolute Gasteiger partial charge is 0.469 e. The lowest BCUT2D eigenvalue weighted by molar-refractivity contribution is -0.139. The first-order chi connectivity index (χ1) is 11.9. The number of carbonyl (C=O) groups excluding carboxylic acids is 2. The van der Waals surface area contributed by atoms with Gasteiger partial charge in [0.15, 0.2) is 5.16 Å². The number of hydrogen-bond donors (Lipinski definition) is 2. The Morgan fingerprint density at radius 3 is 2.72 bits per heavy atom. The average Bonchev–Trinajstić information content (AvgIpc) is 2.56. The zero-order valence-corrected chi connectivity index (χ0v) is 15.3. The number of nitrogens with one attached hydrogen (secondary N) is 2. The maximum atomic E-state index is 12.0. The minimum absolute atomic E-state index is 0.00482. The van der Waals surface area contributed by atoms with Crippen LogP contribution < -0.4 is 10.9 Å². The number of benzene rings is 1. The van der Waals surface area contributed by atoms with Crippen LogP contribution in [0.2, 0.25) is 10.0 Å². The molecule has 2 rings (SSSR count). The number of hydrogen-bond acceptors (Lipinski definition) is 6. The number of nitrogens with zero attached hydrogens (tertiary/aromatic N) is 1. The highest BCUT2D eigenvalue weighted by Crippen LogP contribution is 2.25. The molecule has 0 fully saturated rings. The molecule has 0 spiro atoms. The van der Waals surface area contributed by atoms with Gasteiger partial charge in [-0.3, -0.25) is 14.4 Å². The van der Waals surface area contributed by atoms with E-state index in [1.54, 1.807) is 12.1 Å². The first kappa shape index (κ1) is 19.3. The quantitative estimate of drug-likeness (QED) is 0.438. The minimum atomic E-state index is -0.508. The summed E-state index contributed by atoms with van der Waals surface area (Å²) in [4.78, 5) is 41.4. The number of anilines is 1. The fourth-order valence-electron chi connectivity index (χ4n) is 1.77. The summed E-state index contributed by atoms with van der Waals surface area (Å²) in [5, 5.41) is 3.60. The molecular weight excluding hydrogens is 389 g/mol. The van der Waals surface area contributed by atoms with Gasteiger partial charge in [0, 0.05) is 11.8 Å². The van der Waals surface area contributed by atoms with Crippen molar-refractivity contribution in [3.63, 3.8) is 0 Å². The van der Waals surface area contributed by atoms with Crippen LogP contribution in [0, 0.1) is 0 Å². The molecule has 1 aromatic heterocycles. The number of aromatic amines is 1. The van der Waals surface area contributed by atoms with E-state index in [0.29, 0.717) is 15.7 Å². The lowest BCUT2D eigenvalue weighted by Crippen LogP contribution is -2.17. The second-order valence-corrected chi connectivity index (χ2v) is 6.54. The molecule has 0 saturated heterocycles. The summed E-state index contributed by atoms with van der Waals surface area (Å²) in [6.45, 7) is 0. The van der Waals surface area contributed by atoms with Gasteiger partial charge < -0.3 is 15.0 Å². The SMILES string of the molecule is COC(=O)Cc1cc(=O)[nH]c(SCC(=O)Nc2ccc(Cl)c(Cl)c2)n1. The molecule has 7 nitrogen and oxygen atoms in total. The number of carbonyl (C=O) groups is 2. The van der Waals surface area contributed by atoms with Crippen LogP contribution in [-0.2, 0) is 20.7 Å². The Kier molecular flexibility index (Phi) is 6.86. The minimum Gasteiger partial charge on any atom is -0.469 e. The van der Waals surface area contributed by atoms with Gasteiger partial charge in [0.1, 0.15) is 0 Å². The highest BCUT2D eigenvalue weighted by atomic mass is 35.5. The molecule has 2 aromatic rings. The molecule has 25 heavy (non-hydrogen) atoms. The van der Waals surface area contributed by atoms with E-state index in [4.69, 9.17) is 23.2 Å². The molecule has 0 unspecified atom stereocenters. The first-order valence-corrected chi connectivity index (χ1v) is 8.66. The Bertz CT molecular complexity index is 857. The van der Waals surface area contributed by atoms with E-state index in [1.165, 1.54) is 19.2 Å². The first-order valence-electron chi connectivity index (χ1n) is 6.92. The number of rotatable bonds is 6. The number of aromatic nitrogens is 2. The summed E-state index contributed by atoms with van der Waals surface area (Å²) in [6, 6.07) is 5.93. The summed E-state index contributed by atoms with van der Waals surface area (Å²) in [5.74, 6) is -0.818. The Balaban J connectivity index is 1.98. The summed E-state index contributed by atoms with van der Waals surface area (Å²) < 4.78 is 4.53. The molecule has 0 aliphatic heterocycles. The highest BCUT2D eigenvalue weighted by molar-refractivity contribution is 7.99. The number of halogens is 2. The summed E-state index contributed by atoms with van der Waals surface area (Å²) in [7, 11) is 1.25. The van der Waals surface area contributed by atoms with Crippen molar-refractivity contribution in [3.8, 4) is 0 Å². The monoisotopic (exact) mass is 401 g/mol. The molecule has 0 radical (unpaired) electrons. The van der Waals surface area contributed by atoms with Crippen LogP contribution in [0.5, 0.6) is 0 Å². The second kappa shape index (κ2) is 8.89. The smallest absolute Gasteiger partial charge is 0.311 e. The molecule has 0 aliphatic rings. The van der Waals surface area contributed by atoms with E-state index >= 15 is 0 Å².